The predicted molar refractivity (Wildman–Crippen MR) is 72.8 cm³/mol. The Balaban J connectivity index is 1.87. The van der Waals surface area contributed by atoms with Crippen molar-refractivity contribution in [2.45, 2.75) is 13.0 Å². The first-order valence-electron chi connectivity index (χ1n) is 6.18. The molecule has 0 aliphatic carbocycles. The van der Waals surface area contributed by atoms with Crippen LogP contribution in [0.2, 0.25) is 0 Å². The molecule has 0 spiro atoms. The zero-order chi connectivity index (χ0) is 12.4. The van der Waals surface area contributed by atoms with Crippen molar-refractivity contribution >= 4 is 11.6 Å². The van der Waals surface area contributed by atoms with Gasteiger partial charge in [-0.3, -0.25) is 0 Å². The number of aromatic nitrogens is 2. The van der Waals surface area contributed by atoms with Gasteiger partial charge in [-0.05, 0) is 17.5 Å². The molecule has 0 atom stereocenters. The molecule has 1 aromatic heterocycles. The first-order valence-corrected chi connectivity index (χ1v) is 6.18. The number of nitrogens with zero attached hydrogens (tertiary/aromatic N) is 3. The van der Waals surface area contributed by atoms with E-state index in [2.05, 4.69) is 44.5 Å². The lowest BCUT2D eigenvalue weighted by Crippen LogP contribution is -2.31. The van der Waals surface area contributed by atoms with Crippen LogP contribution in [-0.2, 0) is 13.0 Å². The second-order valence-electron chi connectivity index (χ2n) is 4.45. The summed E-state index contributed by atoms with van der Waals surface area (Å²) < 4.78 is 0. The molecule has 2 aromatic rings. The number of nitrogens with one attached hydrogen (secondary N) is 1. The zero-order valence-corrected chi connectivity index (χ0v) is 10.4. The molecule has 1 aliphatic rings. The molecule has 92 valence electrons. The lowest BCUT2D eigenvalue weighted by atomic mass is 10.00. The van der Waals surface area contributed by atoms with Crippen molar-refractivity contribution in [1.82, 2.24) is 9.97 Å². The number of rotatable bonds is 2. The van der Waals surface area contributed by atoms with Gasteiger partial charge in [-0.1, -0.05) is 24.3 Å². The normalized spacial score (nSPS) is 14.2. The van der Waals surface area contributed by atoms with Crippen LogP contribution < -0.4 is 10.2 Å². The largest absolute Gasteiger partial charge is 0.373 e. The molecule has 4 nitrogen and oxygen atoms in total. The first kappa shape index (κ1) is 11.0. The average molecular weight is 240 g/mol. The van der Waals surface area contributed by atoms with Gasteiger partial charge in [0, 0.05) is 26.2 Å². The summed E-state index contributed by atoms with van der Waals surface area (Å²) in [5.74, 6) is 1.85. The van der Waals surface area contributed by atoms with Gasteiger partial charge in [0.1, 0.15) is 18.0 Å². The minimum atomic E-state index is 0.860. The third-order valence-corrected chi connectivity index (χ3v) is 3.36. The van der Waals surface area contributed by atoms with Gasteiger partial charge in [-0.15, -0.1) is 0 Å². The molecule has 0 saturated carbocycles. The molecular formula is C14H16N4. The molecule has 1 N–H and O–H groups in total. The van der Waals surface area contributed by atoms with Crippen molar-refractivity contribution in [1.29, 1.82) is 0 Å². The monoisotopic (exact) mass is 240 g/mol. The summed E-state index contributed by atoms with van der Waals surface area (Å²) in [6, 6.07) is 10.6. The lowest BCUT2D eigenvalue weighted by molar-refractivity contribution is 0.719. The fourth-order valence-corrected chi connectivity index (χ4v) is 2.35. The molecule has 0 amide bonds. The van der Waals surface area contributed by atoms with Crippen LogP contribution in [0.1, 0.15) is 11.1 Å². The summed E-state index contributed by atoms with van der Waals surface area (Å²) in [6.07, 6.45) is 2.69. The van der Waals surface area contributed by atoms with Gasteiger partial charge < -0.3 is 10.2 Å². The molecular weight excluding hydrogens is 224 g/mol. The summed E-state index contributed by atoms with van der Waals surface area (Å²) in [4.78, 5) is 10.8. The van der Waals surface area contributed by atoms with E-state index < -0.39 is 0 Å². The van der Waals surface area contributed by atoms with Crippen molar-refractivity contribution < 1.29 is 0 Å². The van der Waals surface area contributed by atoms with Gasteiger partial charge in [-0.25, -0.2) is 9.97 Å². The van der Waals surface area contributed by atoms with Gasteiger partial charge in [0.15, 0.2) is 0 Å². The number of fused-ring (bicyclic) bond motifs is 1. The van der Waals surface area contributed by atoms with Crippen LogP contribution in [0.15, 0.2) is 36.7 Å². The topological polar surface area (TPSA) is 41.0 Å². The fourth-order valence-electron chi connectivity index (χ4n) is 2.35. The van der Waals surface area contributed by atoms with Crippen molar-refractivity contribution in [2.24, 2.45) is 0 Å². The van der Waals surface area contributed by atoms with E-state index in [0.29, 0.717) is 0 Å². The van der Waals surface area contributed by atoms with Crippen LogP contribution in [0.3, 0.4) is 0 Å². The van der Waals surface area contributed by atoms with Crippen LogP contribution in [0.4, 0.5) is 11.6 Å². The molecule has 1 aromatic carbocycles. The molecule has 0 saturated heterocycles. The molecule has 0 unspecified atom stereocenters. The van der Waals surface area contributed by atoms with E-state index in [1.807, 2.05) is 13.1 Å². The fraction of sp³-hybridized carbons (Fsp3) is 0.286. The summed E-state index contributed by atoms with van der Waals surface area (Å²) in [5.41, 5.74) is 2.85. The van der Waals surface area contributed by atoms with Gasteiger partial charge in [-0.2, -0.15) is 0 Å². The second-order valence-corrected chi connectivity index (χ2v) is 4.45. The highest BCUT2D eigenvalue weighted by atomic mass is 15.2. The van der Waals surface area contributed by atoms with Gasteiger partial charge in [0.25, 0.3) is 0 Å². The Morgan fingerprint density at radius 1 is 1.17 bits per heavy atom. The van der Waals surface area contributed by atoms with Crippen molar-refractivity contribution in [3.63, 3.8) is 0 Å². The average Bonchev–Trinajstić information content (AvgIpc) is 2.47. The van der Waals surface area contributed by atoms with E-state index in [1.54, 1.807) is 6.33 Å². The summed E-state index contributed by atoms with van der Waals surface area (Å²) in [5, 5.41) is 3.05. The van der Waals surface area contributed by atoms with Crippen LogP contribution in [0.5, 0.6) is 0 Å². The molecule has 0 fully saturated rings. The van der Waals surface area contributed by atoms with Gasteiger partial charge >= 0.3 is 0 Å². The summed E-state index contributed by atoms with van der Waals surface area (Å²) in [7, 11) is 1.87. The number of hydrogen-bond acceptors (Lipinski definition) is 4. The van der Waals surface area contributed by atoms with E-state index in [9.17, 15) is 0 Å². The van der Waals surface area contributed by atoms with Gasteiger partial charge in [0.2, 0.25) is 0 Å². The van der Waals surface area contributed by atoms with Crippen LogP contribution >= 0.6 is 0 Å². The molecule has 3 rings (SSSR count). The molecule has 2 heterocycles. The maximum absolute atomic E-state index is 4.36. The minimum Gasteiger partial charge on any atom is -0.373 e. The highest BCUT2D eigenvalue weighted by Gasteiger charge is 2.17. The predicted octanol–water partition coefficient (Wildman–Crippen LogP) is 2.08. The SMILES string of the molecule is CNc1cc(N2CCc3ccccc3C2)ncn1. The molecule has 0 bridgehead atoms. The maximum atomic E-state index is 4.36. The van der Waals surface area contributed by atoms with E-state index >= 15 is 0 Å². The maximum Gasteiger partial charge on any atom is 0.134 e. The Morgan fingerprint density at radius 3 is 2.83 bits per heavy atom. The highest BCUT2D eigenvalue weighted by Crippen LogP contribution is 2.23. The Kier molecular flexibility index (Phi) is 2.84. The second kappa shape index (κ2) is 4.64. The highest BCUT2D eigenvalue weighted by molar-refractivity contribution is 5.50. The Bertz CT molecular complexity index is 553. The van der Waals surface area contributed by atoms with E-state index in [0.717, 1.165) is 31.1 Å². The van der Waals surface area contributed by atoms with Gasteiger partial charge in [0.05, 0.1) is 0 Å². The molecule has 18 heavy (non-hydrogen) atoms. The van der Waals surface area contributed by atoms with E-state index in [4.69, 9.17) is 0 Å². The third kappa shape index (κ3) is 2.01. The number of benzene rings is 1. The standard InChI is InChI=1S/C14H16N4/c1-15-13-8-14(17-10-16-13)18-7-6-11-4-2-3-5-12(11)9-18/h2-5,8,10H,6-7,9H2,1H3,(H,15,16,17). The quantitative estimate of drug-likeness (QED) is 0.872. The number of anilines is 2. The third-order valence-electron chi connectivity index (χ3n) is 3.36. The molecule has 0 radical (unpaired) electrons. The van der Waals surface area contributed by atoms with E-state index in [1.165, 1.54) is 11.1 Å². The summed E-state index contributed by atoms with van der Waals surface area (Å²) in [6.45, 7) is 1.94. The molecule has 4 heteroatoms. The zero-order valence-electron chi connectivity index (χ0n) is 10.4. The van der Waals surface area contributed by atoms with Crippen LogP contribution in [-0.4, -0.2) is 23.6 Å². The van der Waals surface area contributed by atoms with Crippen molar-refractivity contribution in [2.75, 3.05) is 23.8 Å². The minimum absolute atomic E-state index is 0.860. The Hall–Kier alpha value is -2.10. The Labute approximate surface area is 107 Å². The number of hydrogen-bond donors (Lipinski definition) is 1. The smallest absolute Gasteiger partial charge is 0.134 e. The first-order chi connectivity index (χ1) is 8.86. The summed E-state index contributed by atoms with van der Waals surface area (Å²) >= 11 is 0. The van der Waals surface area contributed by atoms with Crippen LogP contribution in [0.25, 0.3) is 0 Å². The lowest BCUT2D eigenvalue weighted by Gasteiger charge is -2.29. The van der Waals surface area contributed by atoms with E-state index in [-0.39, 0.29) is 0 Å². The molecule has 1 aliphatic heterocycles. The van der Waals surface area contributed by atoms with Crippen LogP contribution in [0, 0.1) is 0 Å². The van der Waals surface area contributed by atoms with Crippen molar-refractivity contribution in [3.8, 4) is 0 Å². The van der Waals surface area contributed by atoms with Crippen molar-refractivity contribution in [3.05, 3.63) is 47.8 Å². The Morgan fingerprint density at radius 2 is 2.00 bits per heavy atom.